The predicted octanol–water partition coefficient (Wildman–Crippen LogP) is 4.14. The molecule has 0 unspecified atom stereocenters. The standard InChI is InChI=1S/C21H26N4O2/c26-19-8-4-7-17(13-19)14-24(18-9-10-18)21(27)23-20-11-12-22-25(20)15-16-5-2-1-3-6-16/h1-2,4,7-8,11-13,16,18,26H,3,5-6,9-10,14-15H2,(H,23,27)/t16-/m0/s1. The van der Waals surface area contributed by atoms with E-state index in [0.717, 1.165) is 50.0 Å². The number of carbonyl (C=O) groups excluding carboxylic acids is 1. The number of carbonyl (C=O) groups is 1. The summed E-state index contributed by atoms with van der Waals surface area (Å²) in [5.41, 5.74) is 0.930. The summed E-state index contributed by atoms with van der Waals surface area (Å²) in [5.74, 6) is 1.54. The average Bonchev–Trinajstić information content (AvgIpc) is 3.42. The zero-order chi connectivity index (χ0) is 18.6. The molecule has 142 valence electrons. The van der Waals surface area contributed by atoms with Crippen LogP contribution in [0.2, 0.25) is 0 Å². The van der Waals surface area contributed by atoms with E-state index >= 15 is 0 Å². The highest BCUT2D eigenvalue weighted by molar-refractivity contribution is 5.88. The number of benzene rings is 1. The zero-order valence-corrected chi connectivity index (χ0v) is 15.4. The Hall–Kier alpha value is -2.76. The fourth-order valence-corrected chi connectivity index (χ4v) is 3.64. The van der Waals surface area contributed by atoms with Gasteiger partial charge < -0.3 is 10.0 Å². The molecule has 1 fully saturated rings. The number of allylic oxidation sites excluding steroid dienone is 2. The van der Waals surface area contributed by atoms with Crippen LogP contribution in [0.5, 0.6) is 5.75 Å². The minimum absolute atomic E-state index is 0.105. The number of aromatic hydroxyl groups is 1. The van der Waals surface area contributed by atoms with Crippen molar-refractivity contribution in [3.8, 4) is 5.75 Å². The van der Waals surface area contributed by atoms with E-state index in [9.17, 15) is 9.90 Å². The molecule has 0 spiro atoms. The molecule has 1 aromatic heterocycles. The number of phenolic OH excluding ortho intramolecular Hbond substituents is 1. The van der Waals surface area contributed by atoms with Gasteiger partial charge in [-0.3, -0.25) is 5.32 Å². The number of hydrogen-bond donors (Lipinski definition) is 2. The Kier molecular flexibility index (Phi) is 5.14. The highest BCUT2D eigenvalue weighted by Crippen LogP contribution is 2.30. The molecule has 2 aliphatic carbocycles. The van der Waals surface area contributed by atoms with Gasteiger partial charge >= 0.3 is 6.03 Å². The van der Waals surface area contributed by atoms with E-state index in [0.29, 0.717) is 12.5 Å². The molecule has 1 aromatic carbocycles. The molecule has 4 rings (SSSR count). The maximum atomic E-state index is 12.9. The van der Waals surface area contributed by atoms with Gasteiger partial charge in [0.2, 0.25) is 0 Å². The molecule has 0 radical (unpaired) electrons. The number of urea groups is 1. The molecular weight excluding hydrogens is 340 g/mol. The van der Waals surface area contributed by atoms with Gasteiger partial charge in [-0.2, -0.15) is 5.10 Å². The van der Waals surface area contributed by atoms with E-state index in [1.165, 1.54) is 0 Å². The van der Waals surface area contributed by atoms with Crippen molar-refractivity contribution in [1.82, 2.24) is 14.7 Å². The van der Waals surface area contributed by atoms with Crippen molar-refractivity contribution in [2.75, 3.05) is 5.32 Å². The van der Waals surface area contributed by atoms with Crippen molar-refractivity contribution in [2.24, 2.45) is 5.92 Å². The zero-order valence-electron chi connectivity index (χ0n) is 15.4. The number of aromatic nitrogens is 2. The van der Waals surface area contributed by atoms with Crippen LogP contribution < -0.4 is 5.32 Å². The molecule has 2 N–H and O–H groups in total. The molecule has 1 heterocycles. The Morgan fingerprint density at radius 1 is 1.26 bits per heavy atom. The molecule has 27 heavy (non-hydrogen) atoms. The van der Waals surface area contributed by atoms with Gasteiger partial charge in [-0.25, -0.2) is 9.48 Å². The van der Waals surface area contributed by atoms with E-state index in [1.807, 2.05) is 21.7 Å². The van der Waals surface area contributed by atoms with Crippen molar-refractivity contribution < 1.29 is 9.90 Å². The monoisotopic (exact) mass is 366 g/mol. The number of hydrogen-bond acceptors (Lipinski definition) is 3. The van der Waals surface area contributed by atoms with E-state index < -0.39 is 0 Å². The first-order chi connectivity index (χ1) is 13.2. The van der Waals surface area contributed by atoms with Crippen molar-refractivity contribution in [3.05, 3.63) is 54.2 Å². The van der Waals surface area contributed by atoms with Crippen molar-refractivity contribution in [3.63, 3.8) is 0 Å². The van der Waals surface area contributed by atoms with Gasteiger partial charge in [-0.15, -0.1) is 0 Å². The maximum Gasteiger partial charge on any atom is 0.323 e. The number of nitrogens with zero attached hydrogens (tertiary/aromatic N) is 3. The van der Waals surface area contributed by atoms with Crippen LogP contribution >= 0.6 is 0 Å². The highest BCUT2D eigenvalue weighted by Gasteiger charge is 2.33. The van der Waals surface area contributed by atoms with Gasteiger partial charge in [0, 0.05) is 25.2 Å². The SMILES string of the molecule is O=C(Nc1ccnn1C[C@H]1CC=CCC1)N(Cc1cccc(O)c1)C1CC1. The molecule has 6 nitrogen and oxygen atoms in total. The number of rotatable bonds is 6. The molecule has 0 aliphatic heterocycles. The minimum atomic E-state index is -0.105. The normalized spacial score (nSPS) is 19.0. The first kappa shape index (κ1) is 17.6. The Morgan fingerprint density at radius 2 is 2.15 bits per heavy atom. The van der Waals surface area contributed by atoms with Crippen LogP contribution in [0.3, 0.4) is 0 Å². The molecule has 6 heteroatoms. The summed E-state index contributed by atoms with van der Waals surface area (Å²) in [6, 6.07) is 9.12. The molecule has 2 aromatic rings. The van der Waals surface area contributed by atoms with Crippen LogP contribution in [0.1, 0.15) is 37.7 Å². The minimum Gasteiger partial charge on any atom is -0.508 e. The molecule has 0 bridgehead atoms. The van der Waals surface area contributed by atoms with Crippen LogP contribution in [0.4, 0.5) is 10.6 Å². The summed E-state index contributed by atoms with van der Waals surface area (Å²) < 4.78 is 1.90. The van der Waals surface area contributed by atoms with E-state index in [2.05, 4.69) is 22.6 Å². The quantitative estimate of drug-likeness (QED) is 0.755. The van der Waals surface area contributed by atoms with E-state index in [4.69, 9.17) is 0 Å². The molecular formula is C21H26N4O2. The van der Waals surface area contributed by atoms with Crippen LogP contribution in [0.15, 0.2) is 48.7 Å². The van der Waals surface area contributed by atoms with Crippen LogP contribution in [0, 0.1) is 5.92 Å². The second-order valence-electron chi connectivity index (χ2n) is 7.51. The number of phenols is 1. The summed E-state index contributed by atoms with van der Waals surface area (Å²) in [6.45, 7) is 1.31. The topological polar surface area (TPSA) is 70.4 Å². The second-order valence-corrected chi connectivity index (χ2v) is 7.51. The summed E-state index contributed by atoms with van der Waals surface area (Å²) >= 11 is 0. The third kappa shape index (κ3) is 4.51. The molecule has 2 aliphatic rings. The van der Waals surface area contributed by atoms with Crippen LogP contribution in [0.25, 0.3) is 0 Å². The number of anilines is 1. The van der Waals surface area contributed by atoms with E-state index in [1.54, 1.807) is 24.4 Å². The van der Waals surface area contributed by atoms with Gasteiger partial charge in [-0.05, 0) is 55.7 Å². The van der Waals surface area contributed by atoms with Gasteiger partial charge in [-0.1, -0.05) is 24.3 Å². The Balaban J connectivity index is 1.42. The Morgan fingerprint density at radius 3 is 2.89 bits per heavy atom. The van der Waals surface area contributed by atoms with Crippen LogP contribution in [-0.2, 0) is 13.1 Å². The van der Waals surface area contributed by atoms with Gasteiger partial charge in [0.15, 0.2) is 0 Å². The van der Waals surface area contributed by atoms with Crippen molar-refractivity contribution in [1.29, 1.82) is 0 Å². The third-order valence-corrected chi connectivity index (χ3v) is 5.27. The molecule has 1 atom stereocenters. The van der Waals surface area contributed by atoms with Gasteiger partial charge in [0.05, 0.1) is 6.20 Å². The Labute approximate surface area is 159 Å². The summed E-state index contributed by atoms with van der Waals surface area (Å²) in [5, 5.41) is 17.1. The molecule has 1 saturated carbocycles. The summed E-state index contributed by atoms with van der Waals surface area (Å²) in [4.78, 5) is 14.8. The fourth-order valence-electron chi connectivity index (χ4n) is 3.64. The van der Waals surface area contributed by atoms with Gasteiger partial charge in [0.1, 0.15) is 11.6 Å². The second kappa shape index (κ2) is 7.86. The first-order valence-electron chi connectivity index (χ1n) is 9.71. The molecule has 0 saturated heterocycles. The number of nitrogens with one attached hydrogen (secondary N) is 1. The van der Waals surface area contributed by atoms with Crippen LogP contribution in [-0.4, -0.2) is 31.9 Å². The van der Waals surface area contributed by atoms with E-state index in [-0.39, 0.29) is 17.8 Å². The number of amides is 2. The lowest BCUT2D eigenvalue weighted by atomic mass is 9.94. The average molecular weight is 366 g/mol. The molecule has 2 amide bonds. The maximum absolute atomic E-state index is 12.9. The Bertz CT molecular complexity index is 825. The summed E-state index contributed by atoms with van der Waals surface area (Å²) in [6.07, 6.45) is 11.6. The predicted molar refractivity (Wildman–Crippen MR) is 104 cm³/mol. The van der Waals surface area contributed by atoms with Crippen molar-refractivity contribution >= 4 is 11.8 Å². The lowest BCUT2D eigenvalue weighted by Gasteiger charge is -2.24. The third-order valence-electron chi connectivity index (χ3n) is 5.27. The van der Waals surface area contributed by atoms with Gasteiger partial charge in [0.25, 0.3) is 0 Å². The fraction of sp³-hybridized carbons (Fsp3) is 0.429. The largest absolute Gasteiger partial charge is 0.508 e. The first-order valence-corrected chi connectivity index (χ1v) is 9.71. The van der Waals surface area contributed by atoms with Crippen molar-refractivity contribution in [2.45, 2.75) is 51.2 Å². The lowest BCUT2D eigenvalue weighted by molar-refractivity contribution is 0.205. The highest BCUT2D eigenvalue weighted by atomic mass is 16.3. The smallest absolute Gasteiger partial charge is 0.323 e. The summed E-state index contributed by atoms with van der Waals surface area (Å²) in [7, 11) is 0. The lowest BCUT2D eigenvalue weighted by Crippen LogP contribution is -2.37.